The highest BCUT2D eigenvalue weighted by Gasteiger charge is 2.25. The molecule has 0 bridgehead atoms. The second kappa shape index (κ2) is 4.57. The Balaban J connectivity index is 2.16. The Labute approximate surface area is 112 Å². The summed E-state index contributed by atoms with van der Waals surface area (Å²) >= 11 is 0. The van der Waals surface area contributed by atoms with Gasteiger partial charge in [0.1, 0.15) is 23.5 Å². The molecule has 0 saturated carbocycles. The quantitative estimate of drug-likeness (QED) is 0.761. The summed E-state index contributed by atoms with van der Waals surface area (Å²) in [5, 5.41) is 0. The third kappa shape index (κ3) is 1.95. The molecule has 1 heterocycles. The van der Waals surface area contributed by atoms with E-state index in [1.54, 1.807) is 7.11 Å². The molecule has 1 aliphatic heterocycles. The van der Waals surface area contributed by atoms with Crippen LogP contribution in [0, 0.1) is 6.92 Å². The van der Waals surface area contributed by atoms with Gasteiger partial charge in [-0.25, -0.2) is 0 Å². The molecule has 3 heteroatoms. The van der Waals surface area contributed by atoms with Crippen molar-refractivity contribution in [2.24, 2.45) is 0 Å². The third-order valence-electron chi connectivity index (χ3n) is 3.71. The topological polar surface area (TPSA) is 35.5 Å². The van der Waals surface area contributed by atoms with Crippen LogP contribution in [0.4, 0.5) is 0 Å². The highest BCUT2D eigenvalue weighted by molar-refractivity contribution is 5.80. The van der Waals surface area contributed by atoms with E-state index in [1.807, 2.05) is 19.1 Å². The van der Waals surface area contributed by atoms with Crippen molar-refractivity contribution in [1.29, 1.82) is 0 Å². The number of carbonyl (C=O) groups excluding carboxylic acids is 1. The number of aldehydes is 1. The van der Waals surface area contributed by atoms with Crippen molar-refractivity contribution in [3.63, 3.8) is 0 Å². The molecule has 2 aliphatic rings. The maximum Gasteiger partial charge on any atom is 0.149 e. The van der Waals surface area contributed by atoms with Crippen LogP contribution in [0.3, 0.4) is 0 Å². The van der Waals surface area contributed by atoms with Gasteiger partial charge in [-0.2, -0.15) is 0 Å². The Morgan fingerprint density at radius 2 is 2.16 bits per heavy atom. The molecule has 0 spiro atoms. The summed E-state index contributed by atoms with van der Waals surface area (Å²) in [5.41, 5.74) is 4.11. The van der Waals surface area contributed by atoms with Crippen molar-refractivity contribution < 1.29 is 14.3 Å². The van der Waals surface area contributed by atoms with Gasteiger partial charge in [0.2, 0.25) is 0 Å². The zero-order chi connectivity index (χ0) is 13.4. The van der Waals surface area contributed by atoms with Crippen molar-refractivity contribution >= 4 is 12.4 Å². The molecule has 0 atom stereocenters. The van der Waals surface area contributed by atoms with Crippen LogP contribution >= 0.6 is 0 Å². The highest BCUT2D eigenvalue weighted by Crippen LogP contribution is 2.41. The van der Waals surface area contributed by atoms with Gasteiger partial charge in [-0.15, -0.1) is 0 Å². The van der Waals surface area contributed by atoms with Crippen LogP contribution in [-0.2, 0) is 4.79 Å². The average molecular weight is 256 g/mol. The molecule has 98 valence electrons. The summed E-state index contributed by atoms with van der Waals surface area (Å²) in [6.45, 7) is 2.04. The maximum absolute atomic E-state index is 11.1. The Hall–Kier alpha value is -2.03. The fourth-order valence-corrected chi connectivity index (χ4v) is 2.69. The predicted octanol–water partition coefficient (Wildman–Crippen LogP) is 3.42. The number of carbonyl (C=O) groups is 1. The van der Waals surface area contributed by atoms with Crippen LogP contribution in [0.5, 0.6) is 11.5 Å². The molecular formula is C16H16O3. The molecule has 1 aromatic rings. The van der Waals surface area contributed by atoms with E-state index in [2.05, 4.69) is 6.08 Å². The molecule has 0 saturated heterocycles. The van der Waals surface area contributed by atoms with Gasteiger partial charge < -0.3 is 9.47 Å². The Morgan fingerprint density at radius 1 is 1.32 bits per heavy atom. The Morgan fingerprint density at radius 3 is 2.89 bits per heavy atom. The van der Waals surface area contributed by atoms with Gasteiger partial charge in [-0.05, 0) is 49.5 Å². The van der Waals surface area contributed by atoms with Crippen LogP contribution in [0.15, 0.2) is 29.0 Å². The minimum absolute atomic E-state index is 0.751. The van der Waals surface area contributed by atoms with Crippen LogP contribution in [0.25, 0.3) is 6.08 Å². The van der Waals surface area contributed by atoms with Crippen LogP contribution in [0.2, 0.25) is 0 Å². The Bertz CT molecular complexity index is 609. The molecule has 1 aromatic carbocycles. The van der Waals surface area contributed by atoms with E-state index in [-0.39, 0.29) is 0 Å². The number of ether oxygens (including phenoxy) is 2. The lowest BCUT2D eigenvalue weighted by molar-refractivity contribution is -0.105. The molecular weight excluding hydrogens is 240 g/mol. The first-order valence-electron chi connectivity index (χ1n) is 6.48. The molecule has 3 rings (SSSR count). The van der Waals surface area contributed by atoms with E-state index < -0.39 is 0 Å². The van der Waals surface area contributed by atoms with Crippen molar-refractivity contribution in [2.75, 3.05) is 7.11 Å². The molecule has 0 aromatic heterocycles. The molecule has 0 fully saturated rings. The first-order valence-corrected chi connectivity index (χ1v) is 6.48. The van der Waals surface area contributed by atoms with Crippen LogP contribution in [0.1, 0.15) is 30.4 Å². The summed E-state index contributed by atoms with van der Waals surface area (Å²) < 4.78 is 11.2. The van der Waals surface area contributed by atoms with Crippen molar-refractivity contribution in [1.82, 2.24) is 0 Å². The molecule has 19 heavy (non-hydrogen) atoms. The smallest absolute Gasteiger partial charge is 0.149 e. The summed E-state index contributed by atoms with van der Waals surface area (Å²) in [6.07, 6.45) is 5.84. The maximum atomic E-state index is 11.1. The number of rotatable bonds is 2. The number of hydrogen-bond acceptors (Lipinski definition) is 3. The van der Waals surface area contributed by atoms with Gasteiger partial charge in [0.05, 0.1) is 7.11 Å². The minimum atomic E-state index is 0.751. The van der Waals surface area contributed by atoms with Crippen molar-refractivity contribution in [2.45, 2.75) is 26.2 Å². The zero-order valence-corrected chi connectivity index (χ0v) is 11.2. The number of methoxy groups -OCH3 is 1. The predicted molar refractivity (Wildman–Crippen MR) is 73.3 cm³/mol. The summed E-state index contributed by atoms with van der Waals surface area (Å²) in [4.78, 5) is 11.1. The van der Waals surface area contributed by atoms with Gasteiger partial charge in [-0.1, -0.05) is 0 Å². The minimum Gasteiger partial charge on any atom is -0.497 e. The third-order valence-corrected chi connectivity index (χ3v) is 3.71. The van der Waals surface area contributed by atoms with Crippen LogP contribution in [-0.4, -0.2) is 13.4 Å². The molecule has 3 nitrogen and oxygen atoms in total. The second-order valence-corrected chi connectivity index (χ2v) is 4.95. The van der Waals surface area contributed by atoms with Gasteiger partial charge >= 0.3 is 0 Å². The number of hydrogen-bond donors (Lipinski definition) is 0. The van der Waals surface area contributed by atoms with E-state index in [4.69, 9.17) is 9.47 Å². The zero-order valence-electron chi connectivity index (χ0n) is 11.2. The van der Waals surface area contributed by atoms with E-state index >= 15 is 0 Å². The van der Waals surface area contributed by atoms with E-state index in [0.29, 0.717) is 0 Å². The fourth-order valence-electron chi connectivity index (χ4n) is 2.69. The van der Waals surface area contributed by atoms with E-state index in [9.17, 15) is 4.79 Å². The molecule has 0 amide bonds. The Kier molecular flexibility index (Phi) is 2.90. The molecule has 0 N–H and O–H groups in total. The molecule has 1 aliphatic carbocycles. The largest absolute Gasteiger partial charge is 0.497 e. The SMILES string of the molecule is COc1cc(C)c2c(c1)OC1=C(C=O)CCCC1=C2. The first kappa shape index (κ1) is 12.0. The lowest BCUT2D eigenvalue weighted by Crippen LogP contribution is -2.14. The van der Waals surface area contributed by atoms with Crippen molar-refractivity contribution in [3.8, 4) is 11.5 Å². The fraction of sp³-hybridized carbons (Fsp3) is 0.312. The normalized spacial score (nSPS) is 17.1. The van der Waals surface area contributed by atoms with Gasteiger partial charge in [-0.3, -0.25) is 4.79 Å². The highest BCUT2D eigenvalue weighted by atomic mass is 16.5. The number of allylic oxidation sites excluding steroid dienone is 2. The van der Waals surface area contributed by atoms with E-state index in [0.717, 1.165) is 65.1 Å². The monoisotopic (exact) mass is 256 g/mol. The first-order chi connectivity index (χ1) is 9.22. The summed E-state index contributed by atoms with van der Waals surface area (Å²) in [6, 6.07) is 3.87. The van der Waals surface area contributed by atoms with Gasteiger partial charge in [0, 0.05) is 17.2 Å². The van der Waals surface area contributed by atoms with Crippen LogP contribution < -0.4 is 9.47 Å². The average Bonchev–Trinajstić information content (AvgIpc) is 2.44. The molecule has 0 radical (unpaired) electrons. The number of benzene rings is 1. The van der Waals surface area contributed by atoms with Crippen molar-refractivity contribution in [3.05, 3.63) is 40.2 Å². The lowest BCUT2D eigenvalue weighted by atomic mass is 9.90. The second-order valence-electron chi connectivity index (χ2n) is 4.95. The van der Waals surface area contributed by atoms with Gasteiger partial charge in [0.25, 0.3) is 0 Å². The molecule has 0 unspecified atom stereocenters. The van der Waals surface area contributed by atoms with Gasteiger partial charge in [0.15, 0.2) is 0 Å². The number of fused-ring (bicyclic) bond motifs is 2. The lowest BCUT2D eigenvalue weighted by Gasteiger charge is -2.26. The number of aryl methyl sites for hydroxylation is 1. The van der Waals surface area contributed by atoms with E-state index in [1.165, 1.54) is 0 Å². The standard InChI is InChI=1S/C16H16O3/c1-10-6-13(18-2)8-15-14(10)7-11-4-3-5-12(9-17)16(11)19-15/h6-9H,3-5H2,1-2H3. The summed E-state index contributed by atoms with van der Waals surface area (Å²) in [7, 11) is 1.64. The summed E-state index contributed by atoms with van der Waals surface area (Å²) in [5.74, 6) is 2.30.